The summed E-state index contributed by atoms with van der Waals surface area (Å²) >= 11 is 7.40. The molecule has 5 heteroatoms. The van der Waals surface area contributed by atoms with Crippen LogP contribution >= 0.6 is 22.9 Å². The Balaban J connectivity index is 2.44. The van der Waals surface area contributed by atoms with E-state index in [9.17, 15) is 4.79 Å². The second-order valence-corrected chi connectivity index (χ2v) is 5.66. The minimum Gasteiger partial charge on any atom is -0.338 e. The van der Waals surface area contributed by atoms with Gasteiger partial charge in [0.1, 0.15) is 0 Å². The zero-order valence-corrected chi connectivity index (χ0v) is 11.7. The summed E-state index contributed by atoms with van der Waals surface area (Å²) in [6.07, 6.45) is 2.37. The highest BCUT2D eigenvalue weighted by molar-refractivity contribution is 7.16. The average molecular weight is 275 g/mol. The Bertz CT molecular complexity index is 354. The van der Waals surface area contributed by atoms with Gasteiger partial charge in [0.2, 0.25) is 5.91 Å². The average Bonchev–Trinajstić information content (AvgIpc) is 2.72. The van der Waals surface area contributed by atoms with Crippen molar-refractivity contribution >= 4 is 28.8 Å². The first-order valence-corrected chi connectivity index (χ1v) is 7.09. The quantitative estimate of drug-likeness (QED) is 0.777. The standard InChI is InChI=1S/C12H19ClN2OS/c1-2-15(12(16)5-3-4-8-14)9-10-6-7-11(13)17-10/h6-7H,2-5,8-9,14H2,1H3. The highest BCUT2D eigenvalue weighted by Crippen LogP contribution is 2.22. The normalized spacial score (nSPS) is 10.5. The minimum atomic E-state index is 0.200. The van der Waals surface area contributed by atoms with Crippen LogP contribution in [0.15, 0.2) is 12.1 Å². The molecule has 2 N–H and O–H groups in total. The monoisotopic (exact) mass is 274 g/mol. The molecular formula is C12H19ClN2OS. The lowest BCUT2D eigenvalue weighted by molar-refractivity contribution is -0.131. The van der Waals surface area contributed by atoms with Gasteiger partial charge in [-0.25, -0.2) is 0 Å². The van der Waals surface area contributed by atoms with Crippen LogP contribution in [-0.2, 0) is 11.3 Å². The third kappa shape index (κ3) is 5.06. The lowest BCUT2D eigenvalue weighted by atomic mass is 10.2. The van der Waals surface area contributed by atoms with Gasteiger partial charge in [-0.15, -0.1) is 11.3 Å². The Morgan fingerprint density at radius 1 is 1.47 bits per heavy atom. The molecule has 3 nitrogen and oxygen atoms in total. The van der Waals surface area contributed by atoms with E-state index < -0.39 is 0 Å². The lowest BCUT2D eigenvalue weighted by Gasteiger charge is -2.20. The van der Waals surface area contributed by atoms with E-state index in [4.69, 9.17) is 17.3 Å². The third-order valence-electron chi connectivity index (χ3n) is 2.55. The SMILES string of the molecule is CCN(Cc1ccc(Cl)s1)C(=O)CCCCN. The maximum Gasteiger partial charge on any atom is 0.222 e. The van der Waals surface area contributed by atoms with Gasteiger partial charge >= 0.3 is 0 Å². The summed E-state index contributed by atoms with van der Waals surface area (Å²) in [7, 11) is 0. The van der Waals surface area contributed by atoms with Crippen LogP contribution < -0.4 is 5.73 Å². The predicted octanol–water partition coefficient (Wildman–Crippen LogP) is 2.88. The smallest absolute Gasteiger partial charge is 0.222 e. The van der Waals surface area contributed by atoms with Crippen LogP contribution in [0.3, 0.4) is 0 Å². The number of hydrogen-bond donors (Lipinski definition) is 1. The molecule has 1 rings (SSSR count). The Morgan fingerprint density at radius 2 is 2.24 bits per heavy atom. The summed E-state index contributed by atoms with van der Waals surface area (Å²) in [5.41, 5.74) is 5.41. The number of carbonyl (C=O) groups is 1. The fraction of sp³-hybridized carbons (Fsp3) is 0.583. The summed E-state index contributed by atoms with van der Waals surface area (Å²) in [5, 5.41) is 0. The lowest BCUT2D eigenvalue weighted by Crippen LogP contribution is -2.29. The van der Waals surface area contributed by atoms with Gasteiger partial charge in [-0.3, -0.25) is 4.79 Å². The molecule has 1 amide bonds. The van der Waals surface area contributed by atoms with Gasteiger partial charge in [0, 0.05) is 17.8 Å². The molecule has 0 radical (unpaired) electrons. The van der Waals surface area contributed by atoms with Crippen molar-refractivity contribution in [2.75, 3.05) is 13.1 Å². The summed E-state index contributed by atoms with van der Waals surface area (Å²) in [5.74, 6) is 0.200. The number of halogens is 1. The number of rotatable bonds is 7. The highest BCUT2D eigenvalue weighted by atomic mass is 35.5. The molecule has 0 spiro atoms. The number of thiophene rings is 1. The molecule has 0 saturated carbocycles. The molecule has 0 aliphatic carbocycles. The molecular weight excluding hydrogens is 256 g/mol. The van der Waals surface area contributed by atoms with E-state index >= 15 is 0 Å². The van der Waals surface area contributed by atoms with Crippen molar-refractivity contribution in [1.29, 1.82) is 0 Å². The zero-order valence-electron chi connectivity index (χ0n) is 10.1. The van der Waals surface area contributed by atoms with Crippen molar-refractivity contribution in [1.82, 2.24) is 4.90 Å². The van der Waals surface area contributed by atoms with Gasteiger partial charge in [-0.05, 0) is 38.4 Å². The molecule has 0 fully saturated rings. The molecule has 0 unspecified atom stereocenters. The molecule has 0 aromatic carbocycles. The molecule has 0 aliphatic rings. The third-order valence-corrected chi connectivity index (χ3v) is 3.77. The van der Waals surface area contributed by atoms with Gasteiger partial charge < -0.3 is 10.6 Å². The fourth-order valence-electron chi connectivity index (χ4n) is 1.58. The second kappa shape index (κ2) is 7.69. The van der Waals surface area contributed by atoms with Crippen LogP contribution in [0.1, 0.15) is 31.1 Å². The summed E-state index contributed by atoms with van der Waals surface area (Å²) in [6, 6.07) is 3.84. The number of nitrogens with zero attached hydrogens (tertiary/aromatic N) is 1. The van der Waals surface area contributed by atoms with E-state index in [1.165, 1.54) is 11.3 Å². The first-order valence-electron chi connectivity index (χ1n) is 5.89. The van der Waals surface area contributed by atoms with E-state index in [1.807, 2.05) is 24.0 Å². The molecule has 17 heavy (non-hydrogen) atoms. The molecule has 96 valence electrons. The first kappa shape index (κ1) is 14.5. The largest absolute Gasteiger partial charge is 0.338 e. The number of unbranched alkanes of at least 4 members (excludes halogenated alkanes) is 1. The van der Waals surface area contributed by atoms with Crippen LogP contribution in [0.4, 0.5) is 0 Å². The zero-order chi connectivity index (χ0) is 12.7. The van der Waals surface area contributed by atoms with Gasteiger partial charge in [0.25, 0.3) is 0 Å². The van der Waals surface area contributed by atoms with Gasteiger partial charge in [-0.1, -0.05) is 11.6 Å². The van der Waals surface area contributed by atoms with Crippen molar-refractivity contribution < 1.29 is 4.79 Å². The fourth-order valence-corrected chi connectivity index (χ4v) is 2.68. The molecule has 0 saturated heterocycles. The Morgan fingerprint density at radius 3 is 2.76 bits per heavy atom. The van der Waals surface area contributed by atoms with E-state index in [-0.39, 0.29) is 5.91 Å². The van der Waals surface area contributed by atoms with Crippen molar-refractivity contribution in [3.8, 4) is 0 Å². The highest BCUT2D eigenvalue weighted by Gasteiger charge is 2.12. The van der Waals surface area contributed by atoms with Gasteiger partial charge in [0.15, 0.2) is 0 Å². The van der Waals surface area contributed by atoms with Crippen LogP contribution in [-0.4, -0.2) is 23.9 Å². The molecule has 1 aromatic heterocycles. The minimum absolute atomic E-state index is 0.200. The molecule has 0 bridgehead atoms. The summed E-state index contributed by atoms with van der Waals surface area (Å²) in [6.45, 7) is 4.04. The van der Waals surface area contributed by atoms with E-state index in [0.717, 1.165) is 28.6 Å². The number of amides is 1. The molecule has 0 aliphatic heterocycles. The maximum atomic E-state index is 11.9. The molecule has 1 heterocycles. The van der Waals surface area contributed by atoms with Crippen LogP contribution in [0.5, 0.6) is 0 Å². The first-order chi connectivity index (χ1) is 8.17. The van der Waals surface area contributed by atoms with Crippen molar-refractivity contribution in [3.05, 3.63) is 21.3 Å². The van der Waals surface area contributed by atoms with Crippen molar-refractivity contribution in [2.45, 2.75) is 32.7 Å². The van der Waals surface area contributed by atoms with Gasteiger partial charge in [-0.2, -0.15) is 0 Å². The second-order valence-electron chi connectivity index (χ2n) is 3.86. The van der Waals surface area contributed by atoms with Crippen LogP contribution in [0.2, 0.25) is 4.34 Å². The van der Waals surface area contributed by atoms with Crippen molar-refractivity contribution in [2.24, 2.45) is 5.73 Å². The predicted molar refractivity (Wildman–Crippen MR) is 73.3 cm³/mol. The van der Waals surface area contributed by atoms with Crippen LogP contribution in [0, 0.1) is 0 Å². The maximum absolute atomic E-state index is 11.9. The van der Waals surface area contributed by atoms with Crippen molar-refractivity contribution in [3.63, 3.8) is 0 Å². The van der Waals surface area contributed by atoms with E-state index in [1.54, 1.807) is 0 Å². The topological polar surface area (TPSA) is 46.3 Å². The van der Waals surface area contributed by atoms with E-state index in [0.29, 0.717) is 19.5 Å². The number of nitrogens with two attached hydrogens (primary N) is 1. The van der Waals surface area contributed by atoms with Gasteiger partial charge in [0.05, 0.1) is 10.9 Å². The Hall–Kier alpha value is -0.580. The number of carbonyl (C=O) groups excluding carboxylic acids is 1. The Labute approximate surface area is 112 Å². The summed E-state index contributed by atoms with van der Waals surface area (Å²) < 4.78 is 0.770. The number of hydrogen-bond acceptors (Lipinski definition) is 3. The summed E-state index contributed by atoms with van der Waals surface area (Å²) in [4.78, 5) is 14.9. The molecule has 1 aromatic rings. The van der Waals surface area contributed by atoms with E-state index in [2.05, 4.69) is 0 Å². The Kier molecular flexibility index (Phi) is 6.55. The molecule has 0 atom stereocenters. The van der Waals surface area contributed by atoms with Crippen LogP contribution in [0.25, 0.3) is 0 Å².